The zero-order valence-corrected chi connectivity index (χ0v) is 24.2. The maximum Gasteiger partial charge on any atom is -0.000537 e. The third-order valence-electron chi connectivity index (χ3n) is 10.4. The van der Waals surface area contributed by atoms with Crippen LogP contribution in [0.25, 0.3) is 0 Å². The number of nitrogens with two attached hydrogens (primary N) is 1. The molecule has 2 N–H and O–H groups in total. The van der Waals surface area contributed by atoms with Crippen molar-refractivity contribution in [2.45, 2.75) is 77.0 Å². The van der Waals surface area contributed by atoms with Crippen LogP contribution >= 0.6 is 0 Å². The van der Waals surface area contributed by atoms with Gasteiger partial charge in [0, 0.05) is 0 Å². The molecule has 5 aliphatic carbocycles. The second kappa shape index (κ2) is 13.8. The van der Waals surface area contributed by atoms with E-state index in [1.807, 2.05) is 6.08 Å². The first kappa shape index (κ1) is 28.2. The molecule has 1 nitrogen and oxygen atoms in total. The molecule has 0 heterocycles. The minimum absolute atomic E-state index is 0.429. The van der Waals surface area contributed by atoms with E-state index in [2.05, 4.69) is 80.0 Å². The van der Waals surface area contributed by atoms with Crippen molar-refractivity contribution in [3.05, 3.63) is 108 Å². The van der Waals surface area contributed by atoms with E-state index in [9.17, 15) is 0 Å². The summed E-state index contributed by atoms with van der Waals surface area (Å²) >= 11 is 0. The first-order valence-corrected chi connectivity index (χ1v) is 16.0. The molecular weight excluding hydrogens is 470 g/mol. The Hall–Kier alpha value is -2.38. The predicted octanol–water partition coefficient (Wildman–Crippen LogP) is 9.75. The molecule has 0 saturated carbocycles. The van der Waals surface area contributed by atoms with Gasteiger partial charge in [-0.15, -0.1) is 6.58 Å². The van der Waals surface area contributed by atoms with Crippen LogP contribution in [0.3, 0.4) is 0 Å². The highest BCUT2D eigenvalue weighted by Crippen LogP contribution is 2.44. The molecule has 0 aromatic rings. The van der Waals surface area contributed by atoms with Crippen molar-refractivity contribution in [2.75, 3.05) is 6.54 Å². The van der Waals surface area contributed by atoms with Crippen molar-refractivity contribution in [1.82, 2.24) is 0 Å². The first-order valence-electron chi connectivity index (χ1n) is 16.0. The fourth-order valence-electron chi connectivity index (χ4n) is 7.96. The van der Waals surface area contributed by atoms with Gasteiger partial charge in [0.05, 0.1) is 0 Å². The molecule has 39 heavy (non-hydrogen) atoms. The molecule has 0 bridgehead atoms. The zero-order chi connectivity index (χ0) is 27.0. The van der Waals surface area contributed by atoms with E-state index in [1.54, 1.807) is 11.1 Å². The monoisotopic (exact) mass is 521 g/mol. The Morgan fingerprint density at radius 3 is 2.56 bits per heavy atom. The topological polar surface area (TPSA) is 26.0 Å². The molecule has 0 aromatic heterocycles. The molecule has 1 heteroatoms. The standard InChI is InChI=1S/C38H51N/c1-3-9-36(27-39)32-18-16-29(17-19-32)11-8-15-38(37-14-7-4-10-28(37)2)33-23-20-31(21-24-33)35-25-22-30-12-5-6-13-34(30)26-35/h3-4,6,10,13,16,18-20,22-23,25,29,31,33,35-38H,1-2,5,7-9,11-12,14-15,17,21,24,26-27,39H2. The normalized spacial score (nSPS) is 31.7. The molecule has 0 radical (unpaired) electrons. The van der Waals surface area contributed by atoms with Gasteiger partial charge in [0.15, 0.2) is 0 Å². The lowest BCUT2D eigenvalue weighted by Crippen LogP contribution is -2.28. The third kappa shape index (κ3) is 7.04. The largest absolute Gasteiger partial charge is 0.330 e. The summed E-state index contributed by atoms with van der Waals surface area (Å²) in [7, 11) is 0. The van der Waals surface area contributed by atoms with Crippen molar-refractivity contribution < 1.29 is 0 Å². The van der Waals surface area contributed by atoms with E-state index in [1.165, 1.54) is 75.4 Å². The summed E-state index contributed by atoms with van der Waals surface area (Å²) in [5.74, 6) is 4.55. The fourth-order valence-corrected chi connectivity index (χ4v) is 7.96. The molecular formula is C38H51N. The van der Waals surface area contributed by atoms with Gasteiger partial charge in [-0.2, -0.15) is 0 Å². The molecule has 208 valence electrons. The predicted molar refractivity (Wildman–Crippen MR) is 169 cm³/mol. The first-order chi connectivity index (χ1) is 19.2. The van der Waals surface area contributed by atoms with Crippen LogP contribution < -0.4 is 5.73 Å². The Morgan fingerprint density at radius 2 is 1.82 bits per heavy atom. The van der Waals surface area contributed by atoms with E-state index >= 15 is 0 Å². The van der Waals surface area contributed by atoms with Crippen LogP contribution in [0.1, 0.15) is 77.0 Å². The molecule has 0 spiro atoms. The Labute approximate surface area is 238 Å². The second-order valence-electron chi connectivity index (χ2n) is 12.8. The Balaban J connectivity index is 1.18. The molecule has 0 saturated heterocycles. The van der Waals surface area contributed by atoms with E-state index in [4.69, 9.17) is 5.73 Å². The summed E-state index contributed by atoms with van der Waals surface area (Å²) in [6.45, 7) is 9.13. The van der Waals surface area contributed by atoms with Crippen molar-refractivity contribution in [2.24, 2.45) is 47.2 Å². The van der Waals surface area contributed by atoms with E-state index < -0.39 is 0 Å². The molecule has 0 aliphatic heterocycles. The minimum Gasteiger partial charge on any atom is -0.330 e. The Kier molecular flexibility index (Phi) is 9.96. The highest BCUT2D eigenvalue weighted by Gasteiger charge is 2.33. The van der Waals surface area contributed by atoms with Crippen LogP contribution in [-0.2, 0) is 0 Å². The summed E-state index contributed by atoms with van der Waals surface area (Å²) in [6.07, 6.45) is 43.8. The van der Waals surface area contributed by atoms with Gasteiger partial charge < -0.3 is 5.73 Å². The quantitative estimate of drug-likeness (QED) is 0.269. The minimum atomic E-state index is 0.429. The zero-order valence-electron chi connectivity index (χ0n) is 24.2. The summed E-state index contributed by atoms with van der Waals surface area (Å²) in [5, 5.41) is 0. The van der Waals surface area contributed by atoms with Gasteiger partial charge in [0.25, 0.3) is 0 Å². The summed E-state index contributed by atoms with van der Waals surface area (Å²) < 4.78 is 0. The Morgan fingerprint density at radius 1 is 0.923 bits per heavy atom. The maximum absolute atomic E-state index is 6.02. The summed E-state index contributed by atoms with van der Waals surface area (Å²) in [4.78, 5) is 0. The molecule has 7 unspecified atom stereocenters. The van der Waals surface area contributed by atoms with Crippen molar-refractivity contribution in [3.63, 3.8) is 0 Å². The fraction of sp³-hybridized carbons (Fsp3) is 0.526. The average Bonchev–Trinajstić information content (AvgIpc) is 2.99. The molecule has 5 aliphatic rings. The lowest BCUT2D eigenvalue weighted by atomic mass is 9.66. The van der Waals surface area contributed by atoms with E-state index in [0.29, 0.717) is 42.1 Å². The van der Waals surface area contributed by atoms with Gasteiger partial charge in [-0.3, -0.25) is 0 Å². The van der Waals surface area contributed by atoms with Crippen LogP contribution in [0.4, 0.5) is 0 Å². The summed E-state index contributed by atoms with van der Waals surface area (Å²) in [5.41, 5.74) is 12.0. The van der Waals surface area contributed by atoms with Crippen LogP contribution in [0.2, 0.25) is 0 Å². The molecule has 0 aromatic carbocycles. The second-order valence-corrected chi connectivity index (χ2v) is 12.8. The van der Waals surface area contributed by atoms with Crippen molar-refractivity contribution in [1.29, 1.82) is 0 Å². The average molecular weight is 522 g/mol. The molecule has 0 fully saturated rings. The number of hydrogen-bond acceptors (Lipinski definition) is 1. The van der Waals surface area contributed by atoms with Crippen molar-refractivity contribution >= 4 is 0 Å². The summed E-state index contributed by atoms with van der Waals surface area (Å²) in [6, 6.07) is 0. The van der Waals surface area contributed by atoms with Gasteiger partial charge in [-0.25, -0.2) is 0 Å². The van der Waals surface area contributed by atoms with Gasteiger partial charge >= 0.3 is 0 Å². The van der Waals surface area contributed by atoms with Crippen LogP contribution in [0.5, 0.6) is 0 Å². The molecule has 0 amide bonds. The maximum atomic E-state index is 6.02. The smallest absolute Gasteiger partial charge is 0.000537 e. The van der Waals surface area contributed by atoms with Crippen molar-refractivity contribution in [3.8, 4) is 0 Å². The lowest BCUT2D eigenvalue weighted by Gasteiger charge is -2.38. The highest BCUT2D eigenvalue weighted by atomic mass is 14.5. The molecule has 7 atom stereocenters. The Bertz CT molecular complexity index is 1090. The SMILES string of the molecule is C=CCC(CN)C1=CCC(CCCC(C2C=CC(C3C=CC4=C(C=CCC4)C3)CC2)C2CCC=CC2=C)C=C1. The van der Waals surface area contributed by atoms with Gasteiger partial charge in [-0.05, 0) is 135 Å². The van der Waals surface area contributed by atoms with Crippen LogP contribution in [0.15, 0.2) is 108 Å². The van der Waals surface area contributed by atoms with Gasteiger partial charge in [0.2, 0.25) is 0 Å². The van der Waals surface area contributed by atoms with E-state index in [-0.39, 0.29) is 0 Å². The number of hydrogen-bond donors (Lipinski definition) is 1. The highest BCUT2D eigenvalue weighted by molar-refractivity contribution is 5.40. The van der Waals surface area contributed by atoms with Gasteiger partial charge in [-0.1, -0.05) is 91.5 Å². The molecule has 5 rings (SSSR count). The lowest BCUT2D eigenvalue weighted by molar-refractivity contribution is 0.222. The van der Waals surface area contributed by atoms with Crippen LogP contribution in [-0.4, -0.2) is 6.54 Å². The number of allylic oxidation sites excluding steroid dienone is 15. The van der Waals surface area contributed by atoms with E-state index in [0.717, 1.165) is 18.8 Å². The van der Waals surface area contributed by atoms with Crippen LogP contribution in [0, 0.1) is 41.4 Å². The van der Waals surface area contributed by atoms with Gasteiger partial charge in [0.1, 0.15) is 0 Å². The number of rotatable bonds is 11. The third-order valence-corrected chi connectivity index (χ3v) is 10.4.